The maximum Gasteiger partial charge on any atom is 0.317 e. The highest BCUT2D eigenvalue weighted by Crippen LogP contribution is 2.32. The van der Waals surface area contributed by atoms with Crippen LogP contribution in [0.5, 0.6) is 0 Å². The summed E-state index contributed by atoms with van der Waals surface area (Å²) in [5.74, 6) is -0.249. The van der Waals surface area contributed by atoms with Gasteiger partial charge in [0.15, 0.2) is 0 Å². The lowest BCUT2D eigenvalue weighted by molar-refractivity contribution is 0.0441. The second kappa shape index (κ2) is 7.58. The van der Waals surface area contributed by atoms with Crippen LogP contribution in [0.15, 0.2) is 24.3 Å². The van der Waals surface area contributed by atoms with E-state index in [1.807, 2.05) is 0 Å². The third-order valence-electron chi connectivity index (χ3n) is 4.64. The highest BCUT2D eigenvalue weighted by molar-refractivity contribution is 5.74. The molecular formula is C17H25FN2O2. The lowest BCUT2D eigenvalue weighted by Gasteiger charge is -2.41. The molecular weight excluding hydrogens is 283 g/mol. The van der Waals surface area contributed by atoms with Gasteiger partial charge in [-0.15, -0.1) is 0 Å². The molecule has 0 bridgehead atoms. The molecule has 5 heteroatoms. The van der Waals surface area contributed by atoms with E-state index in [9.17, 15) is 14.3 Å². The normalized spacial score (nSPS) is 21.7. The van der Waals surface area contributed by atoms with E-state index in [0.717, 1.165) is 31.4 Å². The van der Waals surface area contributed by atoms with Crippen molar-refractivity contribution in [1.82, 2.24) is 10.2 Å². The SMILES string of the molecule is CC[C@@]1(CO)CCCN(C(=O)NCCc2ccc(F)cc2)C1. The van der Waals surface area contributed by atoms with Gasteiger partial charge in [0.05, 0.1) is 6.61 Å². The summed E-state index contributed by atoms with van der Waals surface area (Å²) in [6, 6.07) is 6.25. The van der Waals surface area contributed by atoms with Crippen LogP contribution >= 0.6 is 0 Å². The average Bonchev–Trinajstić information content (AvgIpc) is 2.56. The van der Waals surface area contributed by atoms with Gasteiger partial charge in [0, 0.05) is 25.0 Å². The Bertz CT molecular complexity index is 486. The lowest BCUT2D eigenvalue weighted by Crippen LogP contribution is -2.51. The van der Waals surface area contributed by atoms with Gasteiger partial charge in [-0.2, -0.15) is 0 Å². The van der Waals surface area contributed by atoms with Crippen LogP contribution in [0.4, 0.5) is 9.18 Å². The Labute approximate surface area is 131 Å². The van der Waals surface area contributed by atoms with Crippen LogP contribution < -0.4 is 5.32 Å². The summed E-state index contributed by atoms with van der Waals surface area (Å²) in [5, 5.41) is 12.5. The molecule has 1 saturated heterocycles. The first kappa shape index (κ1) is 16.7. The molecule has 2 N–H and O–H groups in total. The van der Waals surface area contributed by atoms with E-state index in [-0.39, 0.29) is 23.9 Å². The number of hydrogen-bond donors (Lipinski definition) is 2. The molecule has 122 valence electrons. The van der Waals surface area contributed by atoms with Crippen molar-refractivity contribution in [3.8, 4) is 0 Å². The molecule has 0 aliphatic carbocycles. The second-order valence-corrected chi connectivity index (χ2v) is 6.15. The first-order valence-electron chi connectivity index (χ1n) is 7.97. The lowest BCUT2D eigenvalue weighted by atomic mass is 9.78. The fourth-order valence-corrected chi connectivity index (χ4v) is 2.99. The number of urea groups is 1. The highest BCUT2D eigenvalue weighted by atomic mass is 19.1. The van der Waals surface area contributed by atoms with Crippen molar-refractivity contribution in [3.05, 3.63) is 35.6 Å². The molecule has 2 rings (SSSR count). The van der Waals surface area contributed by atoms with Crippen LogP contribution in [0.2, 0.25) is 0 Å². The average molecular weight is 308 g/mol. The number of nitrogens with zero attached hydrogens (tertiary/aromatic N) is 1. The number of benzene rings is 1. The molecule has 1 atom stereocenters. The monoisotopic (exact) mass is 308 g/mol. The minimum absolute atomic E-state index is 0.0758. The minimum Gasteiger partial charge on any atom is -0.396 e. The van der Waals surface area contributed by atoms with Crippen LogP contribution in [0, 0.1) is 11.2 Å². The van der Waals surface area contributed by atoms with E-state index in [4.69, 9.17) is 0 Å². The molecule has 0 saturated carbocycles. The molecule has 1 aliphatic heterocycles. The number of rotatable bonds is 5. The predicted molar refractivity (Wildman–Crippen MR) is 84.1 cm³/mol. The van der Waals surface area contributed by atoms with E-state index >= 15 is 0 Å². The van der Waals surface area contributed by atoms with E-state index in [1.165, 1.54) is 12.1 Å². The van der Waals surface area contributed by atoms with Crippen molar-refractivity contribution >= 4 is 6.03 Å². The standard InChI is InChI=1S/C17H25FN2O2/c1-2-17(13-21)9-3-11-20(12-17)16(22)19-10-8-14-4-6-15(18)7-5-14/h4-7,21H,2-3,8-13H2,1H3,(H,19,22)/t17-/m1/s1. The summed E-state index contributed by atoms with van der Waals surface area (Å²) in [6.45, 7) is 4.07. The van der Waals surface area contributed by atoms with Gasteiger partial charge in [0.2, 0.25) is 0 Å². The zero-order valence-corrected chi connectivity index (χ0v) is 13.1. The van der Waals surface area contributed by atoms with Crippen LogP contribution in [0.3, 0.4) is 0 Å². The zero-order valence-electron chi connectivity index (χ0n) is 13.1. The molecule has 1 aromatic carbocycles. The molecule has 4 nitrogen and oxygen atoms in total. The topological polar surface area (TPSA) is 52.6 Å². The summed E-state index contributed by atoms with van der Waals surface area (Å²) in [6.07, 6.45) is 3.46. The van der Waals surface area contributed by atoms with Gasteiger partial charge in [-0.25, -0.2) is 9.18 Å². The van der Waals surface area contributed by atoms with E-state index < -0.39 is 0 Å². The second-order valence-electron chi connectivity index (χ2n) is 6.15. The maximum absolute atomic E-state index is 12.8. The van der Waals surface area contributed by atoms with Crippen molar-refractivity contribution in [3.63, 3.8) is 0 Å². The number of likely N-dealkylation sites (tertiary alicyclic amines) is 1. The number of aliphatic hydroxyl groups excluding tert-OH is 1. The first-order chi connectivity index (χ1) is 10.6. The Hall–Kier alpha value is -1.62. The Morgan fingerprint density at radius 3 is 2.77 bits per heavy atom. The molecule has 2 amide bonds. The molecule has 0 aromatic heterocycles. The van der Waals surface area contributed by atoms with Crippen molar-refractivity contribution in [2.24, 2.45) is 5.41 Å². The van der Waals surface area contributed by atoms with E-state index in [0.29, 0.717) is 19.5 Å². The number of aliphatic hydroxyl groups is 1. The largest absolute Gasteiger partial charge is 0.396 e. The maximum atomic E-state index is 12.8. The molecule has 1 heterocycles. The molecule has 0 unspecified atom stereocenters. The Balaban J connectivity index is 1.80. The quantitative estimate of drug-likeness (QED) is 0.878. The fraction of sp³-hybridized carbons (Fsp3) is 0.588. The number of amides is 2. The van der Waals surface area contributed by atoms with Crippen LogP contribution in [-0.4, -0.2) is 42.3 Å². The smallest absolute Gasteiger partial charge is 0.317 e. The minimum atomic E-state index is -0.249. The molecule has 22 heavy (non-hydrogen) atoms. The number of carbonyl (C=O) groups excluding carboxylic acids is 1. The summed E-state index contributed by atoms with van der Waals surface area (Å²) in [4.78, 5) is 14.0. The van der Waals surface area contributed by atoms with Gasteiger partial charge in [-0.05, 0) is 43.4 Å². The molecule has 1 fully saturated rings. The Kier molecular flexibility index (Phi) is 5.77. The molecule has 0 radical (unpaired) electrons. The van der Waals surface area contributed by atoms with Crippen molar-refractivity contribution in [2.45, 2.75) is 32.6 Å². The van der Waals surface area contributed by atoms with Crippen LogP contribution in [-0.2, 0) is 6.42 Å². The highest BCUT2D eigenvalue weighted by Gasteiger charge is 2.35. The van der Waals surface area contributed by atoms with Gasteiger partial charge in [0.1, 0.15) is 5.82 Å². The van der Waals surface area contributed by atoms with E-state index in [1.54, 1.807) is 17.0 Å². The Morgan fingerprint density at radius 1 is 1.41 bits per heavy atom. The number of hydrogen-bond acceptors (Lipinski definition) is 2. The molecule has 1 aromatic rings. The first-order valence-corrected chi connectivity index (χ1v) is 7.97. The number of carbonyl (C=O) groups is 1. The summed E-state index contributed by atoms with van der Waals surface area (Å²) >= 11 is 0. The van der Waals surface area contributed by atoms with Crippen LogP contribution in [0.25, 0.3) is 0 Å². The summed E-state index contributed by atoms with van der Waals surface area (Å²) < 4.78 is 12.8. The van der Waals surface area contributed by atoms with Crippen LogP contribution in [0.1, 0.15) is 31.7 Å². The van der Waals surface area contributed by atoms with Crippen molar-refractivity contribution in [2.75, 3.05) is 26.2 Å². The number of piperidine rings is 1. The Morgan fingerprint density at radius 2 is 2.14 bits per heavy atom. The van der Waals surface area contributed by atoms with Crippen molar-refractivity contribution in [1.29, 1.82) is 0 Å². The van der Waals surface area contributed by atoms with E-state index in [2.05, 4.69) is 12.2 Å². The summed E-state index contributed by atoms with van der Waals surface area (Å²) in [5.41, 5.74) is 0.852. The van der Waals surface area contributed by atoms with Gasteiger partial charge in [-0.1, -0.05) is 19.1 Å². The summed E-state index contributed by atoms with van der Waals surface area (Å²) in [7, 11) is 0. The zero-order chi connectivity index (χ0) is 16.0. The number of nitrogens with one attached hydrogen (secondary N) is 1. The predicted octanol–water partition coefficient (Wildman–Crippen LogP) is 2.56. The van der Waals surface area contributed by atoms with Gasteiger partial charge >= 0.3 is 6.03 Å². The molecule has 1 aliphatic rings. The molecule has 0 spiro atoms. The van der Waals surface area contributed by atoms with Gasteiger partial charge < -0.3 is 15.3 Å². The third-order valence-corrected chi connectivity index (χ3v) is 4.64. The van der Waals surface area contributed by atoms with Gasteiger partial charge in [-0.3, -0.25) is 0 Å². The van der Waals surface area contributed by atoms with Gasteiger partial charge in [0.25, 0.3) is 0 Å². The van der Waals surface area contributed by atoms with Crippen molar-refractivity contribution < 1.29 is 14.3 Å². The number of halogens is 1. The fourth-order valence-electron chi connectivity index (χ4n) is 2.99. The third kappa shape index (κ3) is 4.19.